The molecule has 0 aromatic rings. The van der Waals surface area contributed by atoms with E-state index in [0.717, 1.165) is 6.42 Å². The van der Waals surface area contributed by atoms with Gasteiger partial charge >= 0.3 is 0 Å². The predicted octanol–water partition coefficient (Wildman–Crippen LogP) is 2.84. The van der Waals surface area contributed by atoms with E-state index in [-0.39, 0.29) is 0 Å². The minimum absolute atomic E-state index is 1.13. The summed E-state index contributed by atoms with van der Waals surface area (Å²) in [6, 6.07) is 0. The van der Waals surface area contributed by atoms with Crippen molar-refractivity contribution in [3.8, 4) is 0 Å². The van der Waals surface area contributed by atoms with Gasteiger partial charge in [-0.15, -0.1) is 0 Å². The lowest BCUT2D eigenvalue weighted by Gasteiger charge is -1.95. The highest BCUT2D eigenvalue weighted by Gasteiger charge is 1.91. The van der Waals surface area contributed by atoms with Crippen LogP contribution in [0.4, 0.5) is 0 Å². The molecule has 0 radical (unpaired) electrons. The van der Waals surface area contributed by atoms with Gasteiger partial charge in [-0.3, -0.25) is 0 Å². The van der Waals surface area contributed by atoms with Crippen molar-refractivity contribution in [2.45, 2.75) is 20.3 Å². The van der Waals surface area contributed by atoms with Crippen molar-refractivity contribution in [1.29, 1.82) is 0 Å². The molecule has 0 saturated carbocycles. The zero-order chi connectivity index (χ0) is 6.69. The van der Waals surface area contributed by atoms with Crippen LogP contribution >= 0.6 is 0 Å². The summed E-state index contributed by atoms with van der Waals surface area (Å²) in [5, 5.41) is 0. The predicted molar refractivity (Wildman–Crippen MR) is 41.3 cm³/mol. The fourth-order valence-electron chi connectivity index (χ4n) is 0.997. The van der Waals surface area contributed by atoms with Crippen LogP contribution in [0.15, 0.2) is 35.5 Å². The molecule has 0 bridgehead atoms. The molecule has 0 atom stereocenters. The van der Waals surface area contributed by atoms with Gasteiger partial charge in [0.05, 0.1) is 0 Å². The Balaban J connectivity index is 2.77. The molecule has 1 rings (SSSR count). The molecule has 0 unspecified atom stereocenters. The van der Waals surface area contributed by atoms with E-state index in [1.165, 1.54) is 11.1 Å². The average molecular weight is 120 g/mol. The van der Waals surface area contributed by atoms with Gasteiger partial charge in [0.1, 0.15) is 0 Å². The summed E-state index contributed by atoms with van der Waals surface area (Å²) in [5.74, 6) is 0. The SMILES string of the molecule is CC1=CC=CC=C(C)C1. The van der Waals surface area contributed by atoms with Gasteiger partial charge in [-0.05, 0) is 20.3 Å². The highest BCUT2D eigenvalue weighted by molar-refractivity contribution is 5.26. The maximum Gasteiger partial charge on any atom is -0.0108 e. The molecule has 0 amide bonds. The summed E-state index contributed by atoms with van der Waals surface area (Å²) < 4.78 is 0. The van der Waals surface area contributed by atoms with Crippen molar-refractivity contribution in [2.75, 3.05) is 0 Å². The smallest absolute Gasteiger partial charge is 0.0108 e. The molecule has 0 aromatic carbocycles. The lowest BCUT2D eigenvalue weighted by molar-refractivity contribution is 1.11. The molecular formula is C9H12. The molecule has 1 aliphatic carbocycles. The molecule has 0 heteroatoms. The Hall–Kier alpha value is -0.780. The van der Waals surface area contributed by atoms with Crippen LogP contribution in [0.2, 0.25) is 0 Å². The lowest BCUT2D eigenvalue weighted by atomic mass is 10.1. The van der Waals surface area contributed by atoms with Crippen LogP contribution in [0.3, 0.4) is 0 Å². The summed E-state index contributed by atoms with van der Waals surface area (Å²) in [5.41, 5.74) is 2.88. The van der Waals surface area contributed by atoms with Crippen LogP contribution in [-0.4, -0.2) is 0 Å². The van der Waals surface area contributed by atoms with Crippen molar-refractivity contribution in [3.63, 3.8) is 0 Å². The largest absolute Gasteiger partial charge is 0.0693 e. The standard InChI is InChI=1S/C9H12/c1-8-5-3-4-6-9(2)7-8/h3-6H,7H2,1-2H3. The van der Waals surface area contributed by atoms with E-state index in [4.69, 9.17) is 0 Å². The summed E-state index contributed by atoms with van der Waals surface area (Å²) in [4.78, 5) is 0. The minimum Gasteiger partial charge on any atom is -0.0693 e. The second kappa shape index (κ2) is 2.67. The lowest BCUT2D eigenvalue weighted by Crippen LogP contribution is -1.75. The van der Waals surface area contributed by atoms with E-state index < -0.39 is 0 Å². The van der Waals surface area contributed by atoms with Gasteiger partial charge in [-0.25, -0.2) is 0 Å². The minimum atomic E-state index is 1.13. The van der Waals surface area contributed by atoms with E-state index in [9.17, 15) is 0 Å². The normalized spacial score (nSPS) is 18.4. The molecule has 48 valence electrons. The molecule has 0 saturated heterocycles. The number of hydrogen-bond acceptors (Lipinski definition) is 0. The van der Waals surface area contributed by atoms with Crippen LogP contribution in [0.25, 0.3) is 0 Å². The molecule has 0 N–H and O–H groups in total. The Morgan fingerprint density at radius 2 is 1.44 bits per heavy atom. The van der Waals surface area contributed by atoms with Crippen molar-refractivity contribution >= 4 is 0 Å². The molecule has 0 aliphatic heterocycles. The second-order valence-electron chi connectivity index (χ2n) is 2.59. The first-order valence-corrected chi connectivity index (χ1v) is 3.28. The summed E-state index contributed by atoms with van der Waals surface area (Å²) in [6.07, 6.45) is 9.63. The summed E-state index contributed by atoms with van der Waals surface area (Å²) in [6.45, 7) is 4.32. The van der Waals surface area contributed by atoms with Crippen LogP contribution < -0.4 is 0 Å². The molecule has 0 aromatic heterocycles. The quantitative estimate of drug-likeness (QED) is 0.461. The first-order valence-electron chi connectivity index (χ1n) is 3.28. The van der Waals surface area contributed by atoms with Gasteiger partial charge in [-0.1, -0.05) is 35.5 Å². The number of allylic oxidation sites excluding steroid dienone is 6. The Labute approximate surface area is 56.6 Å². The van der Waals surface area contributed by atoms with Gasteiger partial charge in [0.2, 0.25) is 0 Å². The first-order chi connectivity index (χ1) is 4.29. The third-order valence-corrected chi connectivity index (χ3v) is 1.43. The van der Waals surface area contributed by atoms with Gasteiger partial charge < -0.3 is 0 Å². The Morgan fingerprint density at radius 1 is 1.00 bits per heavy atom. The molecule has 0 fully saturated rings. The average Bonchev–Trinajstić information content (AvgIpc) is 1.93. The van der Waals surface area contributed by atoms with Crippen LogP contribution in [0.1, 0.15) is 20.3 Å². The van der Waals surface area contributed by atoms with E-state index in [1.807, 2.05) is 0 Å². The topological polar surface area (TPSA) is 0 Å². The zero-order valence-corrected chi connectivity index (χ0v) is 6.02. The molecule has 9 heavy (non-hydrogen) atoms. The highest BCUT2D eigenvalue weighted by Crippen LogP contribution is 2.12. The Kier molecular flexibility index (Phi) is 1.88. The molecule has 0 spiro atoms. The van der Waals surface area contributed by atoms with Gasteiger partial charge in [0.15, 0.2) is 0 Å². The Bertz CT molecular complexity index is 160. The van der Waals surface area contributed by atoms with Gasteiger partial charge in [0.25, 0.3) is 0 Å². The monoisotopic (exact) mass is 120 g/mol. The van der Waals surface area contributed by atoms with E-state index >= 15 is 0 Å². The fraction of sp³-hybridized carbons (Fsp3) is 0.333. The van der Waals surface area contributed by atoms with Crippen LogP contribution in [0.5, 0.6) is 0 Å². The van der Waals surface area contributed by atoms with Gasteiger partial charge in [-0.2, -0.15) is 0 Å². The third-order valence-electron chi connectivity index (χ3n) is 1.43. The first kappa shape index (κ1) is 6.34. The second-order valence-corrected chi connectivity index (χ2v) is 2.59. The Morgan fingerprint density at radius 3 is 1.89 bits per heavy atom. The highest BCUT2D eigenvalue weighted by atomic mass is 14.0. The van der Waals surface area contributed by atoms with Crippen LogP contribution in [-0.2, 0) is 0 Å². The maximum absolute atomic E-state index is 2.16. The summed E-state index contributed by atoms with van der Waals surface area (Å²) in [7, 11) is 0. The van der Waals surface area contributed by atoms with Crippen molar-refractivity contribution < 1.29 is 0 Å². The number of hydrogen-bond donors (Lipinski definition) is 0. The zero-order valence-electron chi connectivity index (χ0n) is 6.02. The summed E-state index contributed by atoms with van der Waals surface area (Å²) >= 11 is 0. The van der Waals surface area contributed by atoms with E-state index in [2.05, 4.69) is 38.2 Å². The van der Waals surface area contributed by atoms with Crippen LogP contribution in [0, 0.1) is 0 Å². The van der Waals surface area contributed by atoms with Gasteiger partial charge in [0, 0.05) is 0 Å². The van der Waals surface area contributed by atoms with Crippen molar-refractivity contribution in [2.24, 2.45) is 0 Å². The third kappa shape index (κ3) is 1.88. The molecule has 0 nitrogen and oxygen atoms in total. The van der Waals surface area contributed by atoms with E-state index in [0.29, 0.717) is 0 Å². The molecule has 0 heterocycles. The molecule has 1 aliphatic rings. The number of rotatable bonds is 0. The molecular weight excluding hydrogens is 108 g/mol. The maximum atomic E-state index is 2.16. The fourth-order valence-corrected chi connectivity index (χ4v) is 0.997. The van der Waals surface area contributed by atoms with Crippen molar-refractivity contribution in [3.05, 3.63) is 35.5 Å². The van der Waals surface area contributed by atoms with E-state index in [1.54, 1.807) is 0 Å². The van der Waals surface area contributed by atoms with Crippen molar-refractivity contribution in [1.82, 2.24) is 0 Å².